The van der Waals surface area contributed by atoms with E-state index in [2.05, 4.69) is 32.0 Å². The molecule has 5 nitrogen and oxygen atoms in total. The highest BCUT2D eigenvalue weighted by atomic mass is 79.9. The predicted octanol–water partition coefficient (Wildman–Crippen LogP) is 5.87. The summed E-state index contributed by atoms with van der Waals surface area (Å²) in [6.07, 6.45) is 1.44. The first-order valence-electron chi connectivity index (χ1n) is 11.0. The Hall–Kier alpha value is -0.610. The Labute approximate surface area is 218 Å². The van der Waals surface area contributed by atoms with E-state index in [1.54, 1.807) is 30.0 Å². The Morgan fingerprint density at radius 2 is 1.79 bits per heavy atom. The molecule has 2 atom stereocenters. The lowest BCUT2D eigenvalue weighted by Gasteiger charge is -2.34. The molecule has 0 radical (unpaired) electrons. The van der Waals surface area contributed by atoms with Gasteiger partial charge >= 0.3 is 0 Å². The van der Waals surface area contributed by atoms with Crippen molar-refractivity contribution in [1.82, 2.24) is 9.21 Å². The highest BCUT2D eigenvalue weighted by Crippen LogP contribution is 2.50. The van der Waals surface area contributed by atoms with Gasteiger partial charge in [-0.2, -0.15) is 4.31 Å². The normalized spacial score (nSPS) is 21.4. The fraction of sp³-hybridized carbons (Fsp3) is 0.500. The maximum Gasteiger partial charge on any atom is 0.244 e. The number of aryl methyl sites for hydroxylation is 2. The highest BCUT2D eigenvalue weighted by Gasteiger charge is 2.46. The highest BCUT2D eigenvalue weighted by molar-refractivity contribution is 8.93. The van der Waals surface area contributed by atoms with Crippen molar-refractivity contribution in [3.8, 4) is 0 Å². The summed E-state index contributed by atoms with van der Waals surface area (Å²) in [7, 11) is -1.88. The molecule has 3 rings (SSSR count). The summed E-state index contributed by atoms with van der Waals surface area (Å²) < 4.78 is 28.3. The third kappa shape index (κ3) is 5.63. The van der Waals surface area contributed by atoms with Gasteiger partial charge in [0, 0.05) is 24.4 Å². The van der Waals surface area contributed by atoms with E-state index in [0.717, 1.165) is 18.4 Å². The van der Waals surface area contributed by atoms with Crippen molar-refractivity contribution in [2.75, 3.05) is 25.9 Å². The van der Waals surface area contributed by atoms with Crippen molar-refractivity contribution in [3.05, 3.63) is 63.7 Å². The summed E-state index contributed by atoms with van der Waals surface area (Å²) in [6, 6.07) is 11.2. The predicted molar refractivity (Wildman–Crippen MR) is 144 cm³/mol. The van der Waals surface area contributed by atoms with Gasteiger partial charge in [0.1, 0.15) is 4.90 Å². The number of hydrogen-bond acceptors (Lipinski definition) is 5. The zero-order valence-electron chi connectivity index (χ0n) is 19.8. The number of sulfonamides is 1. The molecule has 0 spiro atoms. The van der Waals surface area contributed by atoms with Gasteiger partial charge in [-0.1, -0.05) is 55.3 Å². The molecule has 184 valence electrons. The Bertz CT molecular complexity index is 1080. The van der Waals surface area contributed by atoms with Gasteiger partial charge < -0.3 is 5.11 Å². The van der Waals surface area contributed by atoms with Crippen LogP contribution in [0.25, 0.3) is 0 Å². The average Bonchev–Trinajstić information content (AvgIpc) is 3.04. The Balaban J connectivity index is 0.00000385. The standard InChI is InChI=1S/C24H33ClN2O3S2.BrH/c1-6-12-27(13-7-2)32(29,30)22-15-19(9-11-21(22)25)24(28)16-31-23(26(24)5)20-10-8-17(3)14-18(20)4;/h8-11,14-15,23,28H,6-7,12-13,16H2,1-5H3;1H. The molecule has 1 N–H and O–H groups in total. The first-order chi connectivity index (χ1) is 15.1. The molecule has 1 aliphatic heterocycles. The van der Waals surface area contributed by atoms with E-state index in [4.69, 9.17) is 11.6 Å². The zero-order chi connectivity index (χ0) is 23.7. The van der Waals surface area contributed by atoms with Gasteiger partial charge in [0.2, 0.25) is 10.0 Å². The van der Waals surface area contributed by atoms with Crippen molar-refractivity contribution >= 4 is 50.4 Å². The average molecular weight is 578 g/mol. The maximum absolute atomic E-state index is 13.4. The molecule has 9 heteroatoms. The second kappa shape index (κ2) is 11.4. The van der Waals surface area contributed by atoms with Crippen molar-refractivity contribution in [2.24, 2.45) is 0 Å². The Kier molecular flexibility index (Phi) is 9.90. The molecule has 1 saturated heterocycles. The third-order valence-electron chi connectivity index (χ3n) is 6.03. The van der Waals surface area contributed by atoms with Crippen LogP contribution in [0.5, 0.6) is 0 Å². The van der Waals surface area contributed by atoms with Crippen LogP contribution < -0.4 is 0 Å². The van der Waals surface area contributed by atoms with Crippen LogP contribution in [0, 0.1) is 13.8 Å². The van der Waals surface area contributed by atoms with E-state index in [9.17, 15) is 13.5 Å². The number of halogens is 2. The van der Waals surface area contributed by atoms with Crippen LogP contribution in [0.1, 0.15) is 54.3 Å². The lowest BCUT2D eigenvalue weighted by molar-refractivity contribution is -0.0778. The van der Waals surface area contributed by atoms with Gasteiger partial charge in [-0.15, -0.1) is 28.7 Å². The summed E-state index contributed by atoms with van der Waals surface area (Å²) in [6.45, 7) is 8.93. The van der Waals surface area contributed by atoms with Gasteiger partial charge in [0.15, 0.2) is 5.72 Å². The second-order valence-electron chi connectivity index (χ2n) is 8.50. The van der Waals surface area contributed by atoms with E-state index in [1.165, 1.54) is 15.4 Å². The van der Waals surface area contributed by atoms with Gasteiger partial charge in [-0.05, 0) is 57.0 Å². The molecule has 1 aliphatic rings. The van der Waals surface area contributed by atoms with Gasteiger partial charge in [0.05, 0.1) is 10.4 Å². The minimum Gasteiger partial charge on any atom is -0.370 e. The maximum atomic E-state index is 13.4. The molecule has 33 heavy (non-hydrogen) atoms. The summed E-state index contributed by atoms with van der Waals surface area (Å²) in [4.78, 5) is 1.98. The number of thioether (sulfide) groups is 1. The van der Waals surface area contributed by atoms with Crippen LogP contribution in [0.2, 0.25) is 5.02 Å². The SMILES string of the molecule is Br.CCCN(CCC)S(=O)(=O)c1cc(C2(O)CSC(c3ccc(C)cc3C)N2C)ccc1Cl. The molecule has 1 fully saturated rings. The number of nitrogens with zero attached hydrogens (tertiary/aromatic N) is 2. The van der Waals surface area contributed by atoms with Crippen LogP contribution in [-0.2, 0) is 15.7 Å². The molecular weight excluding hydrogens is 544 g/mol. The van der Waals surface area contributed by atoms with E-state index in [0.29, 0.717) is 24.4 Å². The summed E-state index contributed by atoms with van der Waals surface area (Å²) in [5, 5.41) is 11.8. The van der Waals surface area contributed by atoms with Crippen molar-refractivity contribution < 1.29 is 13.5 Å². The van der Waals surface area contributed by atoms with Crippen molar-refractivity contribution in [2.45, 2.75) is 56.5 Å². The monoisotopic (exact) mass is 576 g/mol. The molecule has 0 aromatic heterocycles. The molecule has 0 saturated carbocycles. The molecule has 2 aromatic carbocycles. The zero-order valence-corrected chi connectivity index (χ0v) is 23.9. The molecule has 1 heterocycles. The van der Waals surface area contributed by atoms with E-state index in [-0.39, 0.29) is 32.3 Å². The lowest BCUT2D eigenvalue weighted by atomic mass is 10.0. The van der Waals surface area contributed by atoms with E-state index in [1.807, 2.05) is 25.8 Å². The number of hydrogen-bond donors (Lipinski definition) is 1. The fourth-order valence-corrected chi connectivity index (χ4v) is 7.96. The quantitative estimate of drug-likeness (QED) is 0.425. The summed E-state index contributed by atoms with van der Waals surface area (Å²) in [5.41, 5.74) is 2.76. The first kappa shape index (κ1) is 28.6. The van der Waals surface area contributed by atoms with E-state index >= 15 is 0 Å². The number of rotatable bonds is 8. The van der Waals surface area contributed by atoms with Crippen LogP contribution >= 0.6 is 40.3 Å². The number of benzene rings is 2. The van der Waals surface area contributed by atoms with Crippen LogP contribution in [0.4, 0.5) is 0 Å². The second-order valence-corrected chi connectivity index (χ2v) is 11.9. The van der Waals surface area contributed by atoms with Gasteiger partial charge in [-0.3, -0.25) is 4.90 Å². The van der Waals surface area contributed by atoms with Crippen molar-refractivity contribution in [3.63, 3.8) is 0 Å². The summed E-state index contributed by atoms with van der Waals surface area (Å²) >= 11 is 8.02. The minimum atomic E-state index is -3.76. The smallest absolute Gasteiger partial charge is 0.244 e. The molecule has 0 bridgehead atoms. The molecular formula is C24H34BrClN2O3S2. The lowest BCUT2D eigenvalue weighted by Crippen LogP contribution is -2.41. The van der Waals surface area contributed by atoms with Crippen LogP contribution in [-0.4, -0.2) is 48.6 Å². The van der Waals surface area contributed by atoms with Crippen LogP contribution in [0.3, 0.4) is 0 Å². The number of aliphatic hydroxyl groups is 1. The largest absolute Gasteiger partial charge is 0.370 e. The Morgan fingerprint density at radius 3 is 2.36 bits per heavy atom. The molecule has 2 aromatic rings. The minimum absolute atomic E-state index is 0. The molecule has 0 amide bonds. The third-order valence-corrected chi connectivity index (χ3v) is 9.86. The van der Waals surface area contributed by atoms with E-state index < -0.39 is 15.7 Å². The Morgan fingerprint density at radius 1 is 1.15 bits per heavy atom. The van der Waals surface area contributed by atoms with Gasteiger partial charge in [-0.25, -0.2) is 8.42 Å². The van der Waals surface area contributed by atoms with Gasteiger partial charge in [0.25, 0.3) is 0 Å². The molecule has 2 unspecified atom stereocenters. The van der Waals surface area contributed by atoms with Crippen LogP contribution in [0.15, 0.2) is 41.3 Å². The first-order valence-corrected chi connectivity index (χ1v) is 13.9. The topological polar surface area (TPSA) is 60.9 Å². The fourth-order valence-electron chi connectivity index (χ4n) is 4.23. The van der Waals surface area contributed by atoms with Crippen molar-refractivity contribution in [1.29, 1.82) is 0 Å². The summed E-state index contributed by atoms with van der Waals surface area (Å²) in [5.74, 6) is 0.427. The molecule has 0 aliphatic carbocycles.